The number of fused-ring (bicyclic) bond motifs is 2. The second-order valence-corrected chi connectivity index (χ2v) is 7.15. The highest BCUT2D eigenvalue weighted by molar-refractivity contribution is 5.96. The molecule has 0 spiro atoms. The van der Waals surface area contributed by atoms with E-state index in [1.807, 2.05) is 30.3 Å². The van der Waals surface area contributed by atoms with Crippen LogP contribution in [0, 0.1) is 0 Å². The van der Waals surface area contributed by atoms with E-state index in [2.05, 4.69) is 21.4 Å². The summed E-state index contributed by atoms with van der Waals surface area (Å²) in [4.78, 5) is 20.6. The van der Waals surface area contributed by atoms with Gasteiger partial charge in [0.1, 0.15) is 11.3 Å². The number of ether oxygens (including phenoxy) is 1. The van der Waals surface area contributed by atoms with Gasteiger partial charge in [0.25, 0.3) is 5.91 Å². The predicted molar refractivity (Wildman–Crippen MR) is 117 cm³/mol. The number of alkyl halides is 1. The van der Waals surface area contributed by atoms with Crippen molar-refractivity contribution in [3.05, 3.63) is 78.0 Å². The number of primary amides is 1. The highest BCUT2D eigenvalue weighted by Gasteiger charge is 2.14. The molecule has 0 bridgehead atoms. The van der Waals surface area contributed by atoms with Crippen molar-refractivity contribution in [3.63, 3.8) is 0 Å². The van der Waals surface area contributed by atoms with Crippen molar-refractivity contribution in [3.8, 4) is 17.0 Å². The summed E-state index contributed by atoms with van der Waals surface area (Å²) in [5.41, 5.74) is 9.89. The average molecular weight is 428 g/mol. The molecular formula is C23H17FN6O2. The Hall–Kier alpha value is -4.40. The summed E-state index contributed by atoms with van der Waals surface area (Å²) in [6.07, 6.45) is 1.76. The lowest BCUT2D eigenvalue weighted by atomic mass is 10.1. The zero-order valence-corrected chi connectivity index (χ0v) is 16.8. The second-order valence-electron chi connectivity index (χ2n) is 7.15. The lowest BCUT2D eigenvalue weighted by Crippen LogP contribution is -2.13. The SMILES string of the molecule is NC(=O)c1ccc(-c2ccc3nnn(Cc4ccc5ncccc5c4)c3n2)cc1OCF. The second kappa shape index (κ2) is 8.03. The van der Waals surface area contributed by atoms with Gasteiger partial charge in [0.05, 0.1) is 23.3 Å². The maximum Gasteiger partial charge on any atom is 0.252 e. The molecule has 2 aromatic carbocycles. The van der Waals surface area contributed by atoms with Crippen LogP contribution in [0.25, 0.3) is 33.3 Å². The molecule has 0 aliphatic rings. The van der Waals surface area contributed by atoms with Crippen molar-refractivity contribution in [2.75, 3.05) is 6.86 Å². The first-order valence-electron chi connectivity index (χ1n) is 9.79. The van der Waals surface area contributed by atoms with Crippen molar-refractivity contribution in [1.29, 1.82) is 0 Å². The van der Waals surface area contributed by atoms with Crippen LogP contribution >= 0.6 is 0 Å². The fourth-order valence-electron chi connectivity index (χ4n) is 3.58. The molecule has 8 nitrogen and oxygen atoms in total. The van der Waals surface area contributed by atoms with E-state index in [9.17, 15) is 9.18 Å². The van der Waals surface area contributed by atoms with E-state index in [4.69, 9.17) is 15.5 Å². The van der Waals surface area contributed by atoms with Gasteiger partial charge in [-0.2, -0.15) is 0 Å². The molecule has 0 saturated heterocycles. The van der Waals surface area contributed by atoms with Gasteiger partial charge < -0.3 is 10.5 Å². The Morgan fingerprint density at radius 2 is 1.94 bits per heavy atom. The van der Waals surface area contributed by atoms with Crippen LogP contribution in [0.15, 0.2) is 66.9 Å². The molecule has 2 N–H and O–H groups in total. The molecule has 0 atom stereocenters. The Labute approximate surface area is 181 Å². The zero-order valence-electron chi connectivity index (χ0n) is 16.8. The summed E-state index contributed by atoms with van der Waals surface area (Å²) < 4.78 is 19.4. The minimum Gasteiger partial charge on any atom is -0.462 e. The van der Waals surface area contributed by atoms with Gasteiger partial charge in [0.2, 0.25) is 6.86 Å². The van der Waals surface area contributed by atoms with Crippen LogP contribution < -0.4 is 10.5 Å². The van der Waals surface area contributed by atoms with E-state index >= 15 is 0 Å². The van der Waals surface area contributed by atoms with E-state index in [1.54, 1.807) is 23.0 Å². The Bertz CT molecular complexity index is 1470. The molecule has 32 heavy (non-hydrogen) atoms. The Morgan fingerprint density at radius 1 is 1.06 bits per heavy atom. The molecule has 0 aliphatic heterocycles. The first-order valence-corrected chi connectivity index (χ1v) is 9.79. The van der Waals surface area contributed by atoms with Crippen LogP contribution in [0.4, 0.5) is 4.39 Å². The topological polar surface area (TPSA) is 109 Å². The molecule has 0 fully saturated rings. The molecule has 9 heteroatoms. The van der Waals surface area contributed by atoms with Gasteiger partial charge in [-0.3, -0.25) is 9.78 Å². The zero-order chi connectivity index (χ0) is 22.1. The molecule has 5 aromatic rings. The van der Waals surface area contributed by atoms with Gasteiger partial charge in [0.15, 0.2) is 5.65 Å². The number of rotatable bonds is 6. The first kappa shape index (κ1) is 19.6. The largest absolute Gasteiger partial charge is 0.462 e. The quantitative estimate of drug-likeness (QED) is 0.443. The number of hydrogen-bond donors (Lipinski definition) is 1. The van der Waals surface area contributed by atoms with Gasteiger partial charge in [-0.1, -0.05) is 23.4 Å². The molecule has 0 unspecified atom stereocenters. The normalized spacial score (nSPS) is 11.2. The van der Waals surface area contributed by atoms with Crippen molar-refractivity contribution < 1.29 is 13.9 Å². The Morgan fingerprint density at radius 3 is 2.78 bits per heavy atom. The van der Waals surface area contributed by atoms with Crippen LogP contribution in [0.3, 0.4) is 0 Å². The summed E-state index contributed by atoms with van der Waals surface area (Å²) in [6, 6.07) is 18.2. The van der Waals surface area contributed by atoms with Crippen LogP contribution in [-0.2, 0) is 6.54 Å². The maximum atomic E-state index is 12.8. The number of aromatic nitrogens is 5. The van der Waals surface area contributed by atoms with Crippen molar-refractivity contribution in [2.45, 2.75) is 6.54 Å². The van der Waals surface area contributed by atoms with Crippen LogP contribution in [0.5, 0.6) is 5.75 Å². The number of nitrogens with zero attached hydrogens (tertiary/aromatic N) is 5. The molecular weight excluding hydrogens is 411 g/mol. The van der Waals surface area contributed by atoms with Crippen molar-refractivity contribution in [2.24, 2.45) is 5.73 Å². The van der Waals surface area contributed by atoms with E-state index < -0.39 is 12.8 Å². The van der Waals surface area contributed by atoms with Gasteiger partial charge in [0, 0.05) is 17.1 Å². The molecule has 0 saturated carbocycles. The summed E-state index contributed by atoms with van der Waals surface area (Å²) in [7, 11) is 0. The number of nitrogens with two attached hydrogens (primary N) is 1. The summed E-state index contributed by atoms with van der Waals surface area (Å²) >= 11 is 0. The average Bonchev–Trinajstić information content (AvgIpc) is 3.21. The smallest absolute Gasteiger partial charge is 0.252 e. The lowest BCUT2D eigenvalue weighted by Gasteiger charge is -2.09. The number of benzene rings is 2. The summed E-state index contributed by atoms with van der Waals surface area (Å²) in [6.45, 7) is -0.594. The molecule has 0 radical (unpaired) electrons. The molecule has 158 valence electrons. The summed E-state index contributed by atoms with van der Waals surface area (Å²) in [5, 5.41) is 9.48. The Kier molecular flexibility index (Phi) is 4.91. The van der Waals surface area contributed by atoms with E-state index in [0.717, 1.165) is 16.5 Å². The lowest BCUT2D eigenvalue weighted by molar-refractivity contribution is 0.0993. The first-order chi connectivity index (χ1) is 15.6. The summed E-state index contributed by atoms with van der Waals surface area (Å²) in [5.74, 6) is -0.632. The minimum atomic E-state index is -1.08. The van der Waals surface area contributed by atoms with Gasteiger partial charge in [-0.05, 0) is 48.0 Å². The van der Waals surface area contributed by atoms with Crippen molar-refractivity contribution in [1.82, 2.24) is 25.0 Å². The van der Waals surface area contributed by atoms with Crippen molar-refractivity contribution >= 4 is 28.0 Å². The molecule has 1 amide bonds. The monoisotopic (exact) mass is 428 g/mol. The minimum absolute atomic E-state index is 0.0656. The van der Waals surface area contributed by atoms with Gasteiger partial charge in [-0.15, -0.1) is 5.10 Å². The molecule has 3 heterocycles. The maximum absolute atomic E-state index is 12.8. The van der Waals surface area contributed by atoms with E-state index in [-0.39, 0.29) is 11.3 Å². The van der Waals surface area contributed by atoms with Crippen LogP contribution in [0.1, 0.15) is 15.9 Å². The number of hydrogen-bond acceptors (Lipinski definition) is 6. The van der Waals surface area contributed by atoms with Gasteiger partial charge in [-0.25, -0.2) is 14.1 Å². The Balaban J connectivity index is 1.52. The predicted octanol–water partition coefficient (Wildman–Crippen LogP) is 3.49. The van der Waals surface area contributed by atoms with E-state index in [1.165, 1.54) is 12.1 Å². The highest BCUT2D eigenvalue weighted by Crippen LogP contribution is 2.27. The third kappa shape index (κ3) is 3.60. The number of halogens is 1. The fraction of sp³-hybridized carbons (Fsp3) is 0.0870. The van der Waals surface area contributed by atoms with Crippen LogP contribution in [-0.4, -0.2) is 37.7 Å². The highest BCUT2D eigenvalue weighted by atomic mass is 19.1. The molecule has 0 aliphatic carbocycles. The molecule has 3 aromatic heterocycles. The standard InChI is InChI=1S/C23H17FN6O2/c24-13-32-21-11-16(4-5-17(21)22(25)31)19-7-8-20-23(27-19)30(29-28-20)12-14-3-6-18-15(10-14)2-1-9-26-18/h1-11H,12-13H2,(H2,25,31). The van der Waals surface area contributed by atoms with Crippen LogP contribution in [0.2, 0.25) is 0 Å². The molecule has 5 rings (SSSR count). The van der Waals surface area contributed by atoms with E-state index in [0.29, 0.717) is 29.0 Å². The third-order valence-corrected chi connectivity index (χ3v) is 5.11. The number of pyridine rings is 2. The number of amides is 1. The number of carbonyl (C=O) groups excluding carboxylic acids is 1. The van der Waals surface area contributed by atoms with Gasteiger partial charge >= 0.3 is 0 Å². The third-order valence-electron chi connectivity index (χ3n) is 5.11. The number of carbonyl (C=O) groups is 1. The fourth-order valence-corrected chi connectivity index (χ4v) is 3.58.